The molecule has 138 valence electrons. The van der Waals surface area contributed by atoms with E-state index in [4.69, 9.17) is 4.98 Å². The molecule has 0 bridgehead atoms. The highest BCUT2D eigenvalue weighted by Gasteiger charge is 2.04. The molecule has 0 saturated heterocycles. The maximum Gasteiger partial charge on any atom is 0.0890 e. The first-order chi connectivity index (χ1) is 13.7. The van der Waals surface area contributed by atoms with Gasteiger partial charge in [0, 0.05) is 32.4 Å². The fourth-order valence-corrected chi connectivity index (χ4v) is 3.20. The molecule has 1 heterocycles. The van der Waals surface area contributed by atoms with Crippen LogP contribution in [-0.4, -0.2) is 24.1 Å². The van der Waals surface area contributed by atoms with E-state index < -0.39 is 0 Å². The highest BCUT2D eigenvalue weighted by molar-refractivity contribution is 5.74. The van der Waals surface area contributed by atoms with Crippen molar-refractivity contribution in [1.29, 1.82) is 0 Å². The van der Waals surface area contributed by atoms with Crippen LogP contribution in [0.15, 0.2) is 79.0 Å². The molecule has 4 rings (SSSR count). The standard InChI is InChI=1S/C25H23N3/c1-28(2)23-15-12-19(13-16-23)11-14-20-7-3-4-8-21(20)17-22-18-26-24-9-5-6-10-25(24)27-22/h3-16,18H,17H2,1-2H3. The summed E-state index contributed by atoms with van der Waals surface area (Å²) in [5.74, 6) is 0. The molecule has 0 aliphatic rings. The van der Waals surface area contributed by atoms with Crippen molar-refractivity contribution in [3.63, 3.8) is 0 Å². The number of rotatable bonds is 5. The van der Waals surface area contributed by atoms with Gasteiger partial charge < -0.3 is 4.90 Å². The fourth-order valence-electron chi connectivity index (χ4n) is 3.20. The molecule has 0 aliphatic heterocycles. The molecule has 1 aromatic heterocycles. The van der Waals surface area contributed by atoms with Crippen LogP contribution in [0.5, 0.6) is 0 Å². The van der Waals surface area contributed by atoms with Gasteiger partial charge in [0.1, 0.15) is 0 Å². The molecular formula is C25H23N3. The number of para-hydroxylation sites is 2. The molecule has 3 heteroatoms. The number of anilines is 1. The lowest BCUT2D eigenvalue weighted by Gasteiger charge is -2.11. The van der Waals surface area contributed by atoms with Gasteiger partial charge in [-0.2, -0.15) is 0 Å². The zero-order valence-electron chi connectivity index (χ0n) is 16.2. The van der Waals surface area contributed by atoms with Gasteiger partial charge in [0.25, 0.3) is 0 Å². The van der Waals surface area contributed by atoms with Crippen molar-refractivity contribution in [3.8, 4) is 0 Å². The number of hydrogen-bond donors (Lipinski definition) is 0. The van der Waals surface area contributed by atoms with Gasteiger partial charge in [0.05, 0.1) is 16.7 Å². The van der Waals surface area contributed by atoms with E-state index in [0.29, 0.717) is 0 Å². The Hall–Kier alpha value is -3.46. The van der Waals surface area contributed by atoms with Gasteiger partial charge >= 0.3 is 0 Å². The third kappa shape index (κ3) is 4.09. The fraction of sp³-hybridized carbons (Fsp3) is 0.120. The molecule has 0 saturated carbocycles. The number of hydrogen-bond acceptors (Lipinski definition) is 3. The van der Waals surface area contributed by atoms with Crippen LogP contribution >= 0.6 is 0 Å². The molecule has 0 N–H and O–H groups in total. The van der Waals surface area contributed by atoms with Gasteiger partial charge in [-0.25, -0.2) is 4.98 Å². The lowest BCUT2D eigenvalue weighted by Crippen LogP contribution is -2.07. The minimum Gasteiger partial charge on any atom is -0.378 e. The Balaban J connectivity index is 1.57. The van der Waals surface area contributed by atoms with Gasteiger partial charge in [-0.1, -0.05) is 60.7 Å². The first-order valence-electron chi connectivity index (χ1n) is 9.43. The average molecular weight is 365 g/mol. The maximum atomic E-state index is 4.76. The van der Waals surface area contributed by atoms with E-state index >= 15 is 0 Å². The molecule has 0 amide bonds. The quantitative estimate of drug-likeness (QED) is 0.440. The van der Waals surface area contributed by atoms with Crippen LogP contribution < -0.4 is 4.90 Å². The van der Waals surface area contributed by atoms with E-state index in [1.54, 1.807) is 0 Å². The molecule has 4 aromatic rings. The molecule has 0 radical (unpaired) electrons. The van der Waals surface area contributed by atoms with Crippen LogP contribution in [0.1, 0.15) is 22.4 Å². The van der Waals surface area contributed by atoms with Gasteiger partial charge in [0.15, 0.2) is 0 Å². The highest BCUT2D eigenvalue weighted by Crippen LogP contribution is 2.19. The van der Waals surface area contributed by atoms with Gasteiger partial charge in [0.2, 0.25) is 0 Å². The lowest BCUT2D eigenvalue weighted by molar-refractivity contribution is 1.06. The smallest absolute Gasteiger partial charge is 0.0890 e. The van der Waals surface area contributed by atoms with Crippen molar-refractivity contribution in [1.82, 2.24) is 9.97 Å². The van der Waals surface area contributed by atoms with Crippen molar-refractivity contribution < 1.29 is 0 Å². The highest BCUT2D eigenvalue weighted by atomic mass is 15.1. The van der Waals surface area contributed by atoms with Crippen LogP contribution in [0.4, 0.5) is 5.69 Å². The molecule has 0 unspecified atom stereocenters. The van der Waals surface area contributed by atoms with Crippen molar-refractivity contribution >= 4 is 28.9 Å². The van der Waals surface area contributed by atoms with Crippen molar-refractivity contribution in [2.75, 3.05) is 19.0 Å². The Labute approximate surface area is 166 Å². The predicted molar refractivity (Wildman–Crippen MR) is 118 cm³/mol. The first kappa shape index (κ1) is 17.9. The largest absolute Gasteiger partial charge is 0.378 e. The van der Waals surface area contributed by atoms with Crippen molar-refractivity contribution in [2.24, 2.45) is 0 Å². The normalized spacial score (nSPS) is 11.2. The minimum atomic E-state index is 0.762. The zero-order valence-corrected chi connectivity index (χ0v) is 16.2. The molecule has 3 aromatic carbocycles. The number of aromatic nitrogens is 2. The molecule has 0 atom stereocenters. The van der Waals surface area contributed by atoms with Crippen LogP contribution in [0.2, 0.25) is 0 Å². The van der Waals surface area contributed by atoms with E-state index in [1.165, 1.54) is 22.4 Å². The maximum absolute atomic E-state index is 4.76. The Morgan fingerprint density at radius 3 is 2.29 bits per heavy atom. The second kappa shape index (κ2) is 8.05. The first-order valence-corrected chi connectivity index (χ1v) is 9.43. The molecule has 28 heavy (non-hydrogen) atoms. The zero-order chi connectivity index (χ0) is 19.3. The van der Waals surface area contributed by atoms with E-state index in [2.05, 4.69) is 84.7 Å². The second-order valence-electron chi connectivity index (χ2n) is 7.04. The molecule has 3 nitrogen and oxygen atoms in total. The summed E-state index contributed by atoms with van der Waals surface area (Å²) in [7, 11) is 4.10. The Kier molecular flexibility index (Phi) is 5.16. The molecular weight excluding hydrogens is 342 g/mol. The molecule has 0 spiro atoms. The van der Waals surface area contributed by atoms with Crippen LogP contribution in [0, 0.1) is 0 Å². The summed E-state index contributed by atoms with van der Waals surface area (Å²) in [6.45, 7) is 0. The van der Waals surface area contributed by atoms with Crippen LogP contribution in [0.25, 0.3) is 23.2 Å². The molecule has 0 fully saturated rings. The van der Waals surface area contributed by atoms with E-state index in [0.717, 1.165) is 23.1 Å². The van der Waals surface area contributed by atoms with Gasteiger partial charge in [-0.05, 0) is 41.0 Å². The molecule has 0 aliphatic carbocycles. The Bertz CT molecular complexity index is 1110. The number of fused-ring (bicyclic) bond motifs is 1. The monoisotopic (exact) mass is 365 g/mol. The number of benzene rings is 3. The summed E-state index contributed by atoms with van der Waals surface area (Å²) in [4.78, 5) is 11.4. The summed E-state index contributed by atoms with van der Waals surface area (Å²) in [5.41, 5.74) is 7.69. The van der Waals surface area contributed by atoms with Crippen LogP contribution in [0.3, 0.4) is 0 Å². The SMILES string of the molecule is CN(C)c1ccc(C=Cc2ccccc2Cc2cnc3ccccc3n2)cc1. The van der Waals surface area contributed by atoms with Crippen LogP contribution in [-0.2, 0) is 6.42 Å². The lowest BCUT2D eigenvalue weighted by atomic mass is 10.0. The summed E-state index contributed by atoms with van der Waals surface area (Å²) < 4.78 is 0. The van der Waals surface area contributed by atoms with E-state index in [9.17, 15) is 0 Å². The Morgan fingerprint density at radius 2 is 1.50 bits per heavy atom. The topological polar surface area (TPSA) is 29.0 Å². The third-order valence-corrected chi connectivity index (χ3v) is 4.79. The van der Waals surface area contributed by atoms with Crippen molar-refractivity contribution in [3.05, 3.63) is 101 Å². The van der Waals surface area contributed by atoms with Crippen molar-refractivity contribution in [2.45, 2.75) is 6.42 Å². The predicted octanol–water partition coefficient (Wildman–Crippen LogP) is 5.46. The van der Waals surface area contributed by atoms with Gasteiger partial charge in [-0.15, -0.1) is 0 Å². The second-order valence-corrected chi connectivity index (χ2v) is 7.04. The summed E-state index contributed by atoms with van der Waals surface area (Å²) >= 11 is 0. The average Bonchev–Trinajstić information content (AvgIpc) is 2.73. The van der Waals surface area contributed by atoms with E-state index in [1.807, 2.05) is 30.5 Å². The minimum absolute atomic E-state index is 0.762. The summed E-state index contributed by atoms with van der Waals surface area (Å²) in [6, 6.07) is 25.0. The summed E-state index contributed by atoms with van der Waals surface area (Å²) in [6.07, 6.45) is 6.97. The van der Waals surface area contributed by atoms with Gasteiger partial charge in [-0.3, -0.25) is 4.98 Å². The third-order valence-electron chi connectivity index (χ3n) is 4.79. The van der Waals surface area contributed by atoms with E-state index in [-0.39, 0.29) is 0 Å². The summed E-state index contributed by atoms with van der Waals surface area (Å²) in [5, 5.41) is 0. The number of nitrogens with zero attached hydrogens (tertiary/aromatic N) is 3. The Morgan fingerprint density at radius 1 is 0.786 bits per heavy atom.